The smallest absolute Gasteiger partial charge is 0.225 e. The molecule has 1 aromatic heterocycles. The zero-order valence-corrected chi connectivity index (χ0v) is 15.1. The van der Waals surface area contributed by atoms with E-state index < -0.39 is 0 Å². The first-order valence-corrected chi connectivity index (χ1v) is 7.97. The summed E-state index contributed by atoms with van der Waals surface area (Å²) in [4.78, 5) is 16.8. The molecule has 8 heteroatoms. The van der Waals surface area contributed by atoms with Crippen molar-refractivity contribution in [3.8, 4) is 11.5 Å². The number of hydrogen-bond donors (Lipinski definition) is 2. The number of nitrogen functional groups attached to an aromatic ring is 1. The lowest BCUT2D eigenvalue weighted by molar-refractivity contribution is -0.115. The summed E-state index contributed by atoms with van der Waals surface area (Å²) >= 11 is 1.58. The van der Waals surface area contributed by atoms with Gasteiger partial charge in [-0.1, -0.05) is 0 Å². The third-order valence-corrected chi connectivity index (χ3v) is 4.02. The molecule has 0 bridgehead atoms. The lowest BCUT2D eigenvalue weighted by Crippen LogP contribution is -2.12. The van der Waals surface area contributed by atoms with Crippen molar-refractivity contribution in [2.75, 3.05) is 31.0 Å². The van der Waals surface area contributed by atoms with Crippen LogP contribution in [0.25, 0.3) is 0 Å². The summed E-state index contributed by atoms with van der Waals surface area (Å²) in [6.45, 7) is 0. The van der Waals surface area contributed by atoms with E-state index in [2.05, 4.69) is 10.3 Å². The Balaban J connectivity index is 0.00000288. The largest absolute Gasteiger partial charge is 0.493 e. The minimum Gasteiger partial charge on any atom is -0.493 e. The Morgan fingerprint density at radius 1 is 1.21 bits per heavy atom. The lowest BCUT2D eigenvalue weighted by Gasteiger charge is -2.09. The fourth-order valence-corrected chi connectivity index (χ4v) is 2.75. The number of carbonyl (C=O) groups is 1. The maximum atomic E-state index is 11.9. The van der Waals surface area contributed by atoms with Gasteiger partial charge in [-0.25, -0.2) is 4.98 Å². The summed E-state index contributed by atoms with van der Waals surface area (Å²) in [5.74, 6) is 2.38. The highest BCUT2D eigenvalue weighted by Crippen LogP contribution is 2.32. The Morgan fingerprint density at radius 2 is 1.96 bits per heavy atom. The van der Waals surface area contributed by atoms with Crippen LogP contribution in [-0.4, -0.2) is 30.9 Å². The zero-order valence-electron chi connectivity index (χ0n) is 13.4. The van der Waals surface area contributed by atoms with Crippen molar-refractivity contribution in [1.29, 1.82) is 0 Å². The van der Waals surface area contributed by atoms with E-state index in [4.69, 9.17) is 15.2 Å². The quantitative estimate of drug-likeness (QED) is 0.729. The first kappa shape index (κ1) is 19.9. The van der Waals surface area contributed by atoms with Crippen molar-refractivity contribution in [3.05, 3.63) is 36.5 Å². The second-order valence-electron chi connectivity index (χ2n) is 4.64. The summed E-state index contributed by atoms with van der Waals surface area (Å²) in [6.07, 6.45) is 1.93. The van der Waals surface area contributed by atoms with Crippen LogP contribution >= 0.6 is 24.2 Å². The minimum atomic E-state index is -0.0652. The van der Waals surface area contributed by atoms with Gasteiger partial charge >= 0.3 is 0 Å². The number of pyridine rings is 1. The van der Waals surface area contributed by atoms with Gasteiger partial charge in [-0.2, -0.15) is 0 Å². The molecule has 1 heterocycles. The molecule has 0 saturated heterocycles. The molecule has 0 radical (unpaired) electrons. The monoisotopic (exact) mass is 369 g/mol. The Labute approximate surface area is 151 Å². The van der Waals surface area contributed by atoms with E-state index in [0.29, 0.717) is 35.2 Å². The van der Waals surface area contributed by atoms with Gasteiger partial charge in [0.05, 0.1) is 26.1 Å². The second-order valence-corrected chi connectivity index (χ2v) is 5.80. The summed E-state index contributed by atoms with van der Waals surface area (Å²) < 4.78 is 10.5. The Hall–Kier alpha value is -2.12. The van der Waals surface area contributed by atoms with Gasteiger partial charge in [-0.05, 0) is 30.3 Å². The molecule has 24 heavy (non-hydrogen) atoms. The standard InChI is InChI=1S/C16H19N3O3S.ClH/c1-21-13-5-4-12(9-14(13)22-2)23-8-7-16(20)19-11-3-6-15(17)18-10-11;/h3-6,9-10H,7-8H2,1-2H3,(H2,17,18)(H,19,20);1H. The number of hydrogen-bond acceptors (Lipinski definition) is 6. The molecule has 130 valence electrons. The Morgan fingerprint density at radius 3 is 2.58 bits per heavy atom. The number of ether oxygens (including phenoxy) is 2. The summed E-state index contributed by atoms with van der Waals surface area (Å²) in [5.41, 5.74) is 6.14. The minimum absolute atomic E-state index is 0. The molecule has 0 aliphatic carbocycles. The molecule has 0 aliphatic rings. The average Bonchev–Trinajstić information content (AvgIpc) is 2.56. The van der Waals surface area contributed by atoms with Crippen LogP contribution in [0.1, 0.15) is 6.42 Å². The van der Waals surface area contributed by atoms with Gasteiger partial charge in [0.2, 0.25) is 5.91 Å². The average molecular weight is 370 g/mol. The molecule has 1 aromatic carbocycles. The molecular formula is C16H20ClN3O3S. The lowest BCUT2D eigenvalue weighted by atomic mass is 10.3. The van der Waals surface area contributed by atoms with Crippen LogP contribution in [0.15, 0.2) is 41.4 Å². The van der Waals surface area contributed by atoms with Gasteiger partial charge in [-0.15, -0.1) is 24.2 Å². The summed E-state index contributed by atoms with van der Waals surface area (Å²) in [6, 6.07) is 9.05. The van der Waals surface area contributed by atoms with E-state index in [0.717, 1.165) is 4.90 Å². The molecule has 2 aromatic rings. The van der Waals surface area contributed by atoms with Gasteiger partial charge in [0.15, 0.2) is 11.5 Å². The molecule has 0 fully saturated rings. The Bertz CT molecular complexity index is 668. The van der Waals surface area contributed by atoms with E-state index in [1.54, 1.807) is 38.1 Å². The van der Waals surface area contributed by atoms with Crippen molar-refractivity contribution in [2.24, 2.45) is 0 Å². The maximum absolute atomic E-state index is 11.9. The third-order valence-electron chi connectivity index (χ3n) is 3.02. The Kier molecular flexibility index (Phi) is 8.21. The van der Waals surface area contributed by atoms with E-state index >= 15 is 0 Å². The van der Waals surface area contributed by atoms with E-state index in [1.807, 2.05) is 18.2 Å². The molecule has 0 unspecified atom stereocenters. The predicted octanol–water partition coefficient (Wildman–Crippen LogP) is 3.22. The number of nitrogens with two attached hydrogens (primary N) is 1. The van der Waals surface area contributed by atoms with Crippen LogP contribution in [0.4, 0.5) is 11.5 Å². The number of anilines is 2. The van der Waals surface area contributed by atoms with E-state index in [1.165, 1.54) is 6.20 Å². The number of nitrogens with one attached hydrogen (secondary N) is 1. The van der Waals surface area contributed by atoms with Gasteiger partial charge in [-0.3, -0.25) is 4.79 Å². The molecule has 3 N–H and O–H groups in total. The molecule has 0 saturated carbocycles. The van der Waals surface area contributed by atoms with E-state index in [9.17, 15) is 4.79 Å². The highest BCUT2D eigenvalue weighted by atomic mass is 35.5. The van der Waals surface area contributed by atoms with Crippen molar-refractivity contribution in [2.45, 2.75) is 11.3 Å². The summed E-state index contributed by atoms with van der Waals surface area (Å²) in [7, 11) is 3.20. The number of nitrogens with zero attached hydrogens (tertiary/aromatic N) is 1. The first-order valence-electron chi connectivity index (χ1n) is 6.98. The second kappa shape index (κ2) is 9.89. The fraction of sp³-hybridized carbons (Fsp3) is 0.250. The van der Waals surface area contributed by atoms with Gasteiger partial charge < -0.3 is 20.5 Å². The van der Waals surface area contributed by atoms with Crippen molar-refractivity contribution >= 4 is 41.6 Å². The number of aromatic nitrogens is 1. The number of benzene rings is 1. The SMILES string of the molecule is COc1ccc(SCCC(=O)Nc2ccc(N)nc2)cc1OC.Cl. The van der Waals surface area contributed by atoms with Crippen LogP contribution in [0.3, 0.4) is 0 Å². The molecule has 6 nitrogen and oxygen atoms in total. The topological polar surface area (TPSA) is 86.5 Å². The van der Waals surface area contributed by atoms with Crippen LogP contribution < -0.4 is 20.5 Å². The molecule has 1 amide bonds. The van der Waals surface area contributed by atoms with Crippen LogP contribution in [-0.2, 0) is 4.79 Å². The number of carbonyl (C=O) groups excluding carboxylic acids is 1. The number of amides is 1. The first-order chi connectivity index (χ1) is 11.1. The summed E-state index contributed by atoms with van der Waals surface area (Å²) in [5, 5.41) is 2.78. The van der Waals surface area contributed by atoms with Gasteiger partial charge in [0.1, 0.15) is 5.82 Å². The van der Waals surface area contributed by atoms with Gasteiger partial charge in [0, 0.05) is 17.1 Å². The molecule has 0 aliphatic heterocycles. The molecule has 0 spiro atoms. The normalized spacial score (nSPS) is 9.75. The van der Waals surface area contributed by atoms with Crippen LogP contribution in [0.2, 0.25) is 0 Å². The highest BCUT2D eigenvalue weighted by molar-refractivity contribution is 7.99. The molecule has 0 atom stereocenters. The number of rotatable bonds is 7. The predicted molar refractivity (Wildman–Crippen MR) is 99.4 cm³/mol. The van der Waals surface area contributed by atoms with Crippen LogP contribution in [0, 0.1) is 0 Å². The highest BCUT2D eigenvalue weighted by Gasteiger charge is 2.07. The number of thioether (sulfide) groups is 1. The van der Waals surface area contributed by atoms with E-state index in [-0.39, 0.29) is 18.3 Å². The number of halogens is 1. The number of methoxy groups -OCH3 is 2. The molecule has 2 rings (SSSR count). The zero-order chi connectivity index (χ0) is 16.7. The van der Waals surface area contributed by atoms with Crippen molar-refractivity contribution in [3.63, 3.8) is 0 Å². The van der Waals surface area contributed by atoms with Crippen LogP contribution in [0.5, 0.6) is 11.5 Å². The third kappa shape index (κ3) is 5.82. The molecular weight excluding hydrogens is 350 g/mol. The van der Waals surface area contributed by atoms with Crippen molar-refractivity contribution < 1.29 is 14.3 Å². The maximum Gasteiger partial charge on any atom is 0.225 e. The van der Waals surface area contributed by atoms with Crippen molar-refractivity contribution in [1.82, 2.24) is 4.98 Å². The fourth-order valence-electron chi connectivity index (χ4n) is 1.87. The van der Waals surface area contributed by atoms with Gasteiger partial charge in [0.25, 0.3) is 0 Å².